The van der Waals surface area contributed by atoms with Crippen LogP contribution >= 0.6 is 0 Å². The predicted molar refractivity (Wildman–Crippen MR) is 107 cm³/mol. The van der Waals surface area contributed by atoms with E-state index in [0.29, 0.717) is 24.7 Å². The Morgan fingerprint density at radius 1 is 0.929 bits per heavy atom. The molecule has 0 N–H and O–H groups in total. The van der Waals surface area contributed by atoms with Gasteiger partial charge in [-0.25, -0.2) is 13.2 Å². The standard InChI is InChI=1S/C24H29F3O/c1-3-5-7-19-11-8-18(15-28-19)17-10-12-20(22(25)14-17)21-13-9-16(6-4-2)23(26)24(21)27/h9-10,12-14,18-19H,3-8,11,15H2,1-2H3. The van der Waals surface area contributed by atoms with Gasteiger partial charge >= 0.3 is 0 Å². The van der Waals surface area contributed by atoms with Crippen molar-refractivity contribution in [3.05, 3.63) is 58.9 Å². The summed E-state index contributed by atoms with van der Waals surface area (Å²) in [5.74, 6) is -2.22. The minimum Gasteiger partial charge on any atom is -0.378 e. The molecule has 0 spiro atoms. The molecule has 2 aromatic rings. The molecule has 1 aliphatic heterocycles. The molecule has 1 nitrogen and oxygen atoms in total. The van der Waals surface area contributed by atoms with E-state index in [4.69, 9.17) is 4.74 Å². The second-order valence-corrected chi connectivity index (χ2v) is 7.76. The van der Waals surface area contributed by atoms with Crippen molar-refractivity contribution in [1.29, 1.82) is 0 Å². The lowest BCUT2D eigenvalue weighted by atomic mass is 9.89. The largest absolute Gasteiger partial charge is 0.378 e. The van der Waals surface area contributed by atoms with Crippen LogP contribution in [0.2, 0.25) is 0 Å². The van der Waals surface area contributed by atoms with E-state index in [1.54, 1.807) is 12.1 Å². The lowest BCUT2D eigenvalue weighted by Gasteiger charge is -2.29. The first-order valence-electron chi connectivity index (χ1n) is 10.4. The van der Waals surface area contributed by atoms with Gasteiger partial charge in [0, 0.05) is 17.0 Å². The molecule has 2 atom stereocenters. The number of aryl methyl sites for hydroxylation is 1. The maximum Gasteiger partial charge on any atom is 0.167 e. The fraction of sp³-hybridized carbons (Fsp3) is 0.500. The molecule has 1 heterocycles. The maximum atomic E-state index is 14.8. The Morgan fingerprint density at radius 3 is 2.36 bits per heavy atom. The van der Waals surface area contributed by atoms with Gasteiger partial charge in [0.25, 0.3) is 0 Å². The van der Waals surface area contributed by atoms with E-state index in [0.717, 1.165) is 44.1 Å². The van der Waals surface area contributed by atoms with Gasteiger partial charge in [-0.3, -0.25) is 0 Å². The highest BCUT2D eigenvalue weighted by atomic mass is 19.2. The van der Waals surface area contributed by atoms with E-state index < -0.39 is 17.5 Å². The molecule has 2 aromatic carbocycles. The van der Waals surface area contributed by atoms with E-state index in [1.807, 2.05) is 13.0 Å². The summed E-state index contributed by atoms with van der Waals surface area (Å²) in [4.78, 5) is 0. The Balaban J connectivity index is 1.76. The van der Waals surface area contributed by atoms with Crippen molar-refractivity contribution in [2.75, 3.05) is 6.61 Å². The van der Waals surface area contributed by atoms with Crippen LogP contribution in [0.15, 0.2) is 30.3 Å². The van der Waals surface area contributed by atoms with E-state index in [-0.39, 0.29) is 17.0 Å². The third-order valence-electron chi connectivity index (χ3n) is 5.69. The Labute approximate surface area is 165 Å². The zero-order valence-corrected chi connectivity index (χ0v) is 16.7. The van der Waals surface area contributed by atoms with Gasteiger partial charge in [-0.2, -0.15) is 0 Å². The average Bonchev–Trinajstić information content (AvgIpc) is 2.71. The minimum atomic E-state index is -0.975. The van der Waals surface area contributed by atoms with Gasteiger partial charge in [-0.05, 0) is 42.9 Å². The second kappa shape index (κ2) is 9.60. The first-order valence-corrected chi connectivity index (χ1v) is 10.4. The van der Waals surface area contributed by atoms with Crippen molar-refractivity contribution < 1.29 is 17.9 Å². The van der Waals surface area contributed by atoms with Crippen LogP contribution < -0.4 is 0 Å². The number of hydrogen-bond acceptors (Lipinski definition) is 1. The summed E-state index contributed by atoms with van der Waals surface area (Å²) in [6.07, 6.45) is 6.83. The zero-order chi connectivity index (χ0) is 20.1. The third-order valence-corrected chi connectivity index (χ3v) is 5.69. The number of unbranched alkanes of at least 4 members (excludes halogenated alkanes) is 1. The first kappa shape index (κ1) is 20.9. The predicted octanol–water partition coefficient (Wildman–Crippen LogP) is 7.18. The van der Waals surface area contributed by atoms with Gasteiger partial charge in [0.05, 0.1) is 12.7 Å². The van der Waals surface area contributed by atoms with E-state index in [9.17, 15) is 13.2 Å². The molecule has 1 fully saturated rings. The molecule has 0 amide bonds. The number of benzene rings is 2. The van der Waals surface area contributed by atoms with Crippen LogP contribution in [0.5, 0.6) is 0 Å². The van der Waals surface area contributed by atoms with Crippen molar-refractivity contribution in [2.45, 2.75) is 70.8 Å². The highest BCUT2D eigenvalue weighted by Gasteiger charge is 2.24. The Kier molecular flexibility index (Phi) is 7.17. The van der Waals surface area contributed by atoms with Crippen molar-refractivity contribution in [3.8, 4) is 11.1 Å². The van der Waals surface area contributed by atoms with Crippen LogP contribution in [-0.2, 0) is 11.2 Å². The molecule has 0 bridgehead atoms. The van der Waals surface area contributed by atoms with Gasteiger partial charge in [0.15, 0.2) is 11.6 Å². The summed E-state index contributed by atoms with van der Waals surface area (Å²) in [5, 5.41) is 0. The molecule has 0 aliphatic carbocycles. The van der Waals surface area contributed by atoms with Gasteiger partial charge in [0.1, 0.15) is 5.82 Å². The molecular formula is C24H29F3O. The normalized spacial score (nSPS) is 19.8. The summed E-state index contributed by atoms with van der Waals surface area (Å²) in [7, 11) is 0. The monoisotopic (exact) mass is 390 g/mol. The summed E-state index contributed by atoms with van der Waals surface area (Å²) < 4.78 is 49.4. The minimum absolute atomic E-state index is 0.0269. The summed E-state index contributed by atoms with van der Waals surface area (Å²) in [6.45, 7) is 4.66. The fourth-order valence-corrected chi connectivity index (χ4v) is 3.99. The van der Waals surface area contributed by atoms with Crippen molar-refractivity contribution in [1.82, 2.24) is 0 Å². The number of hydrogen-bond donors (Lipinski definition) is 0. The van der Waals surface area contributed by atoms with Crippen LogP contribution in [0.1, 0.15) is 69.4 Å². The van der Waals surface area contributed by atoms with Crippen molar-refractivity contribution >= 4 is 0 Å². The van der Waals surface area contributed by atoms with Crippen LogP contribution in [0, 0.1) is 17.5 Å². The van der Waals surface area contributed by atoms with Gasteiger partial charge in [0.2, 0.25) is 0 Å². The van der Waals surface area contributed by atoms with Crippen molar-refractivity contribution in [3.63, 3.8) is 0 Å². The molecule has 0 radical (unpaired) electrons. The van der Waals surface area contributed by atoms with Crippen LogP contribution in [0.3, 0.4) is 0 Å². The number of rotatable bonds is 7. The molecule has 28 heavy (non-hydrogen) atoms. The summed E-state index contributed by atoms with van der Waals surface area (Å²) in [6, 6.07) is 7.86. The van der Waals surface area contributed by atoms with Crippen LogP contribution in [-0.4, -0.2) is 12.7 Å². The van der Waals surface area contributed by atoms with Crippen LogP contribution in [0.4, 0.5) is 13.2 Å². The highest BCUT2D eigenvalue weighted by molar-refractivity contribution is 5.66. The smallest absolute Gasteiger partial charge is 0.167 e. The molecule has 0 saturated carbocycles. The first-order chi connectivity index (χ1) is 13.5. The zero-order valence-electron chi connectivity index (χ0n) is 16.7. The van der Waals surface area contributed by atoms with Gasteiger partial charge < -0.3 is 4.74 Å². The quantitative estimate of drug-likeness (QED) is 0.487. The molecule has 1 saturated heterocycles. The fourth-order valence-electron chi connectivity index (χ4n) is 3.99. The third kappa shape index (κ3) is 4.60. The molecular weight excluding hydrogens is 361 g/mol. The molecule has 152 valence electrons. The van der Waals surface area contributed by atoms with E-state index in [2.05, 4.69) is 6.92 Å². The molecule has 2 unspecified atom stereocenters. The number of halogens is 3. The second-order valence-electron chi connectivity index (χ2n) is 7.76. The number of ether oxygens (including phenoxy) is 1. The van der Waals surface area contributed by atoms with E-state index in [1.165, 1.54) is 12.1 Å². The SMILES string of the molecule is CCCCC1CCC(c2ccc(-c3ccc(CCC)c(F)c3F)c(F)c2)CO1. The van der Waals surface area contributed by atoms with Crippen LogP contribution in [0.25, 0.3) is 11.1 Å². The molecule has 1 aliphatic rings. The molecule has 4 heteroatoms. The molecule has 0 aromatic heterocycles. The Hall–Kier alpha value is -1.81. The lowest BCUT2D eigenvalue weighted by Crippen LogP contribution is -2.24. The van der Waals surface area contributed by atoms with Gasteiger partial charge in [-0.1, -0.05) is 57.4 Å². The molecule has 3 rings (SSSR count). The summed E-state index contributed by atoms with van der Waals surface area (Å²) >= 11 is 0. The van der Waals surface area contributed by atoms with Crippen molar-refractivity contribution in [2.24, 2.45) is 0 Å². The topological polar surface area (TPSA) is 9.23 Å². The highest BCUT2D eigenvalue weighted by Crippen LogP contribution is 2.34. The van der Waals surface area contributed by atoms with Gasteiger partial charge in [-0.15, -0.1) is 0 Å². The van der Waals surface area contributed by atoms with E-state index >= 15 is 0 Å². The Bertz CT molecular complexity index is 795. The lowest BCUT2D eigenvalue weighted by molar-refractivity contribution is -0.00193. The summed E-state index contributed by atoms with van der Waals surface area (Å²) in [5.41, 5.74) is 1.26. The maximum absolute atomic E-state index is 14.8. The Morgan fingerprint density at radius 2 is 1.71 bits per heavy atom. The average molecular weight is 390 g/mol.